The summed E-state index contributed by atoms with van der Waals surface area (Å²) in [4.78, 5) is 2.57. The minimum Gasteiger partial charge on any atom is -0.317 e. The topological polar surface area (TPSA) is 15.3 Å². The zero-order valence-electron chi connectivity index (χ0n) is 7.60. The third-order valence-electron chi connectivity index (χ3n) is 2.28. The molecule has 1 aliphatic rings. The molecule has 0 aromatic carbocycles. The Bertz CT molecular complexity index is 92.5. The Morgan fingerprint density at radius 1 is 1.36 bits per heavy atom. The van der Waals surface area contributed by atoms with Crippen molar-refractivity contribution < 1.29 is 1.43 Å². The SMILES string of the molecule is CCNCCCN1CCCC1.[HH]. The van der Waals surface area contributed by atoms with Crippen molar-refractivity contribution in [2.24, 2.45) is 0 Å². The molecule has 0 aliphatic carbocycles. The van der Waals surface area contributed by atoms with Crippen LogP contribution < -0.4 is 5.32 Å². The van der Waals surface area contributed by atoms with Gasteiger partial charge in [-0.3, -0.25) is 0 Å². The molecule has 0 radical (unpaired) electrons. The molecule has 1 saturated heterocycles. The lowest BCUT2D eigenvalue weighted by atomic mass is 10.4. The van der Waals surface area contributed by atoms with Crippen LogP contribution in [0.15, 0.2) is 0 Å². The Kier molecular flexibility index (Phi) is 4.55. The van der Waals surface area contributed by atoms with Gasteiger partial charge in [0.1, 0.15) is 0 Å². The van der Waals surface area contributed by atoms with Crippen molar-refractivity contribution in [2.75, 3.05) is 32.7 Å². The van der Waals surface area contributed by atoms with Gasteiger partial charge in [0.25, 0.3) is 0 Å². The van der Waals surface area contributed by atoms with Crippen LogP contribution >= 0.6 is 0 Å². The summed E-state index contributed by atoms with van der Waals surface area (Å²) in [5.41, 5.74) is 0. The summed E-state index contributed by atoms with van der Waals surface area (Å²) < 4.78 is 0. The van der Waals surface area contributed by atoms with Gasteiger partial charge in [0.15, 0.2) is 0 Å². The number of hydrogen-bond donors (Lipinski definition) is 1. The summed E-state index contributed by atoms with van der Waals surface area (Å²) in [5.74, 6) is 0. The van der Waals surface area contributed by atoms with Crippen LogP contribution in [0.1, 0.15) is 27.6 Å². The van der Waals surface area contributed by atoms with Crippen LogP contribution in [-0.2, 0) is 0 Å². The van der Waals surface area contributed by atoms with Crippen LogP contribution in [0.5, 0.6) is 0 Å². The highest BCUT2D eigenvalue weighted by atomic mass is 15.1. The Hall–Kier alpha value is -0.0800. The molecule has 2 nitrogen and oxygen atoms in total. The van der Waals surface area contributed by atoms with Crippen LogP contribution in [0.2, 0.25) is 0 Å². The predicted molar refractivity (Wildman–Crippen MR) is 50.9 cm³/mol. The van der Waals surface area contributed by atoms with Crippen molar-refractivity contribution in [2.45, 2.75) is 26.2 Å². The van der Waals surface area contributed by atoms with Gasteiger partial charge in [-0.2, -0.15) is 0 Å². The van der Waals surface area contributed by atoms with E-state index >= 15 is 0 Å². The number of rotatable bonds is 5. The van der Waals surface area contributed by atoms with E-state index in [-0.39, 0.29) is 1.43 Å². The molecule has 0 saturated carbocycles. The molecule has 0 amide bonds. The number of nitrogens with zero attached hydrogens (tertiary/aromatic N) is 1. The van der Waals surface area contributed by atoms with Crippen molar-refractivity contribution in [3.05, 3.63) is 0 Å². The maximum Gasteiger partial charge on any atom is 0 e. The van der Waals surface area contributed by atoms with Crippen molar-refractivity contribution in [3.8, 4) is 0 Å². The molecule has 11 heavy (non-hydrogen) atoms. The summed E-state index contributed by atoms with van der Waals surface area (Å²) in [5, 5.41) is 3.35. The maximum absolute atomic E-state index is 3.35. The molecule has 68 valence electrons. The van der Waals surface area contributed by atoms with E-state index < -0.39 is 0 Å². The summed E-state index contributed by atoms with van der Waals surface area (Å²) in [6.07, 6.45) is 4.15. The Balaban J connectivity index is 0.00000121. The third-order valence-corrected chi connectivity index (χ3v) is 2.28. The second-order valence-corrected chi connectivity index (χ2v) is 3.26. The first-order chi connectivity index (χ1) is 5.43. The number of likely N-dealkylation sites (tertiary alicyclic amines) is 1. The largest absolute Gasteiger partial charge is 0.317 e. The van der Waals surface area contributed by atoms with Crippen molar-refractivity contribution in [3.63, 3.8) is 0 Å². The lowest BCUT2D eigenvalue weighted by Crippen LogP contribution is -2.24. The molecule has 1 rings (SSSR count). The van der Waals surface area contributed by atoms with Crippen LogP contribution in [0.4, 0.5) is 0 Å². The normalized spacial score (nSPS) is 19.4. The highest BCUT2D eigenvalue weighted by Gasteiger charge is 2.09. The molecule has 0 atom stereocenters. The van der Waals surface area contributed by atoms with E-state index in [4.69, 9.17) is 0 Å². The molecule has 1 fully saturated rings. The average molecular weight is 158 g/mol. The first-order valence-corrected chi connectivity index (χ1v) is 4.86. The molecular formula is C9H22N2. The van der Waals surface area contributed by atoms with Crippen LogP contribution in [0.25, 0.3) is 0 Å². The van der Waals surface area contributed by atoms with E-state index in [0.29, 0.717) is 0 Å². The second-order valence-electron chi connectivity index (χ2n) is 3.26. The average Bonchev–Trinajstić information content (AvgIpc) is 2.50. The molecule has 1 aliphatic heterocycles. The number of hydrogen-bond acceptors (Lipinski definition) is 2. The summed E-state index contributed by atoms with van der Waals surface area (Å²) >= 11 is 0. The van der Waals surface area contributed by atoms with E-state index in [1.54, 1.807) is 0 Å². The smallest absolute Gasteiger partial charge is 0 e. The fourth-order valence-corrected chi connectivity index (χ4v) is 1.61. The highest BCUT2D eigenvalue weighted by molar-refractivity contribution is 4.65. The quantitative estimate of drug-likeness (QED) is 0.607. The van der Waals surface area contributed by atoms with Gasteiger partial charge in [-0.25, -0.2) is 0 Å². The fraction of sp³-hybridized carbons (Fsp3) is 1.00. The van der Waals surface area contributed by atoms with Gasteiger partial charge in [-0.15, -0.1) is 0 Å². The Labute approximate surface area is 71.4 Å². The molecule has 0 bridgehead atoms. The Morgan fingerprint density at radius 2 is 2.09 bits per heavy atom. The standard InChI is InChI=1S/C9H20N2.H2/c1-2-10-6-5-9-11-7-3-4-8-11;/h10H,2-9H2,1H3;1H. The van der Waals surface area contributed by atoms with E-state index in [0.717, 1.165) is 6.54 Å². The number of nitrogens with one attached hydrogen (secondary N) is 1. The third kappa shape index (κ3) is 3.73. The molecule has 2 heteroatoms. The van der Waals surface area contributed by atoms with Crippen LogP contribution in [0, 0.1) is 0 Å². The first-order valence-electron chi connectivity index (χ1n) is 4.86. The zero-order chi connectivity index (χ0) is 7.94. The summed E-state index contributed by atoms with van der Waals surface area (Å²) in [6, 6.07) is 0. The maximum atomic E-state index is 3.35. The summed E-state index contributed by atoms with van der Waals surface area (Å²) in [6.45, 7) is 8.44. The van der Waals surface area contributed by atoms with Crippen LogP contribution in [0.3, 0.4) is 0 Å². The summed E-state index contributed by atoms with van der Waals surface area (Å²) in [7, 11) is 0. The highest BCUT2D eigenvalue weighted by Crippen LogP contribution is 2.06. The van der Waals surface area contributed by atoms with Gasteiger partial charge in [0.05, 0.1) is 0 Å². The molecule has 0 aromatic rings. The van der Waals surface area contributed by atoms with Crippen molar-refractivity contribution >= 4 is 0 Å². The lowest BCUT2D eigenvalue weighted by Gasteiger charge is -2.13. The minimum atomic E-state index is 0. The van der Waals surface area contributed by atoms with E-state index in [2.05, 4.69) is 17.1 Å². The molecule has 0 unspecified atom stereocenters. The van der Waals surface area contributed by atoms with Crippen LogP contribution in [-0.4, -0.2) is 37.6 Å². The molecule has 0 aromatic heterocycles. The van der Waals surface area contributed by atoms with Crippen molar-refractivity contribution in [1.82, 2.24) is 10.2 Å². The molecular weight excluding hydrogens is 136 g/mol. The predicted octanol–water partition coefficient (Wildman–Crippen LogP) is 1.33. The Morgan fingerprint density at radius 3 is 2.73 bits per heavy atom. The van der Waals surface area contributed by atoms with E-state index in [9.17, 15) is 0 Å². The van der Waals surface area contributed by atoms with Gasteiger partial charge in [-0.1, -0.05) is 6.92 Å². The zero-order valence-corrected chi connectivity index (χ0v) is 7.60. The first kappa shape index (κ1) is 9.01. The van der Waals surface area contributed by atoms with Gasteiger partial charge >= 0.3 is 0 Å². The molecule has 1 heterocycles. The molecule has 1 N–H and O–H groups in total. The van der Waals surface area contributed by atoms with Crippen molar-refractivity contribution in [1.29, 1.82) is 0 Å². The lowest BCUT2D eigenvalue weighted by molar-refractivity contribution is 0.331. The fourth-order valence-electron chi connectivity index (χ4n) is 1.61. The van der Waals surface area contributed by atoms with E-state index in [1.165, 1.54) is 45.4 Å². The van der Waals surface area contributed by atoms with Gasteiger partial charge in [0, 0.05) is 1.43 Å². The van der Waals surface area contributed by atoms with Gasteiger partial charge in [-0.05, 0) is 52.0 Å². The van der Waals surface area contributed by atoms with Gasteiger partial charge < -0.3 is 10.2 Å². The van der Waals surface area contributed by atoms with E-state index in [1.807, 2.05) is 0 Å². The van der Waals surface area contributed by atoms with Gasteiger partial charge in [0.2, 0.25) is 0 Å². The molecule has 0 spiro atoms. The monoisotopic (exact) mass is 158 g/mol. The minimum absolute atomic E-state index is 0. The second kappa shape index (κ2) is 5.56.